The lowest BCUT2D eigenvalue weighted by molar-refractivity contribution is -0.136. The van der Waals surface area contributed by atoms with E-state index < -0.39 is 27.9 Å². The minimum absolute atomic E-state index is 0.0248. The number of sulfonamides is 1. The van der Waals surface area contributed by atoms with Gasteiger partial charge in [-0.05, 0) is 42.3 Å². The third-order valence-electron chi connectivity index (χ3n) is 3.89. The summed E-state index contributed by atoms with van der Waals surface area (Å²) in [6.45, 7) is 0. The van der Waals surface area contributed by atoms with Crippen LogP contribution in [-0.2, 0) is 30.7 Å². The topological polar surface area (TPSA) is 136 Å². The number of esters is 2. The summed E-state index contributed by atoms with van der Waals surface area (Å²) in [5.41, 5.74) is 0.588. The van der Waals surface area contributed by atoms with Crippen LogP contribution in [0.2, 0.25) is 0 Å². The van der Waals surface area contributed by atoms with Crippen molar-refractivity contribution < 1.29 is 37.4 Å². The number of rotatable bonds is 8. The van der Waals surface area contributed by atoms with Crippen molar-refractivity contribution in [2.75, 3.05) is 18.9 Å². The van der Waals surface area contributed by atoms with Crippen molar-refractivity contribution in [1.82, 2.24) is 0 Å². The molecule has 0 saturated heterocycles. The van der Waals surface area contributed by atoms with Crippen LogP contribution in [0.25, 0.3) is 0 Å². The van der Waals surface area contributed by atoms with Gasteiger partial charge in [0.1, 0.15) is 0 Å². The number of ether oxygens (including phenoxy) is 2. The summed E-state index contributed by atoms with van der Waals surface area (Å²) in [6.07, 6.45) is 0.202. The molecule has 154 valence electrons. The minimum Gasteiger partial charge on any atom is -0.481 e. The molecule has 0 aliphatic heterocycles. The lowest BCUT2D eigenvalue weighted by Crippen LogP contribution is -2.15. The summed E-state index contributed by atoms with van der Waals surface area (Å²) in [6, 6.07) is 9.40. The highest BCUT2D eigenvalue weighted by molar-refractivity contribution is 7.92. The second kappa shape index (κ2) is 9.20. The highest BCUT2D eigenvalue weighted by Crippen LogP contribution is 2.21. The maximum Gasteiger partial charge on any atom is 0.337 e. The summed E-state index contributed by atoms with van der Waals surface area (Å²) in [5, 5.41) is 8.71. The molecule has 2 aromatic carbocycles. The van der Waals surface area contributed by atoms with Crippen LogP contribution in [0, 0.1) is 0 Å². The molecule has 29 heavy (non-hydrogen) atoms. The van der Waals surface area contributed by atoms with Gasteiger partial charge in [-0.15, -0.1) is 0 Å². The van der Waals surface area contributed by atoms with Crippen molar-refractivity contribution in [2.45, 2.75) is 17.7 Å². The number of carboxylic acid groups (broad SMARTS) is 1. The molecule has 2 N–H and O–H groups in total. The van der Waals surface area contributed by atoms with E-state index in [0.717, 1.165) is 14.2 Å². The van der Waals surface area contributed by atoms with Crippen molar-refractivity contribution >= 4 is 33.6 Å². The Kier molecular flexibility index (Phi) is 6.94. The van der Waals surface area contributed by atoms with Crippen LogP contribution in [0.1, 0.15) is 32.7 Å². The zero-order valence-electron chi connectivity index (χ0n) is 15.7. The monoisotopic (exact) mass is 421 g/mol. The van der Waals surface area contributed by atoms with E-state index in [9.17, 15) is 22.8 Å². The van der Waals surface area contributed by atoms with Gasteiger partial charge < -0.3 is 14.6 Å². The Morgan fingerprint density at radius 3 is 1.90 bits per heavy atom. The Balaban J connectivity index is 2.32. The zero-order chi connectivity index (χ0) is 21.6. The van der Waals surface area contributed by atoms with Crippen LogP contribution in [-0.4, -0.2) is 45.7 Å². The number of aliphatic carboxylic acids is 1. The molecule has 0 aliphatic carbocycles. The summed E-state index contributed by atoms with van der Waals surface area (Å²) in [7, 11) is -1.72. The first-order valence-electron chi connectivity index (χ1n) is 8.31. The second-order valence-corrected chi connectivity index (χ2v) is 7.61. The largest absolute Gasteiger partial charge is 0.481 e. The van der Waals surface area contributed by atoms with Gasteiger partial charge in [0.25, 0.3) is 10.0 Å². The van der Waals surface area contributed by atoms with Crippen LogP contribution in [0.15, 0.2) is 47.4 Å². The smallest absolute Gasteiger partial charge is 0.337 e. The van der Waals surface area contributed by atoms with Crippen molar-refractivity contribution in [3.05, 3.63) is 59.2 Å². The Morgan fingerprint density at radius 2 is 1.45 bits per heavy atom. The Bertz CT molecular complexity index is 994. The molecule has 0 atom stereocenters. The zero-order valence-corrected chi connectivity index (χ0v) is 16.5. The molecule has 0 saturated carbocycles. The van der Waals surface area contributed by atoms with E-state index in [-0.39, 0.29) is 34.6 Å². The predicted molar refractivity (Wildman–Crippen MR) is 102 cm³/mol. The second-order valence-electron chi connectivity index (χ2n) is 5.93. The molecule has 0 bridgehead atoms. The van der Waals surface area contributed by atoms with Gasteiger partial charge in [0, 0.05) is 6.42 Å². The molecule has 2 aromatic rings. The van der Waals surface area contributed by atoms with E-state index in [4.69, 9.17) is 5.11 Å². The van der Waals surface area contributed by atoms with E-state index >= 15 is 0 Å². The van der Waals surface area contributed by atoms with Crippen LogP contribution >= 0.6 is 0 Å². The lowest BCUT2D eigenvalue weighted by atomic mass is 10.1. The number of benzene rings is 2. The molecule has 0 radical (unpaired) electrons. The van der Waals surface area contributed by atoms with Gasteiger partial charge >= 0.3 is 17.9 Å². The number of methoxy groups -OCH3 is 2. The number of hydrogen-bond donors (Lipinski definition) is 2. The van der Waals surface area contributed by atoms with Gasteiger partial charge in [-0.3, -0.25) is 9.52 Å². The fourth-order valence-electron chi connectivity index (χ4n) is 2.46. The van der Waals surface area contributed by atoms with Gasteiger partial charge in [-0.25, -0.2) is 18.0 Å². The maximum atomic E-state index is 12.6. The number of anilines is 1. The highest BCUT2D eigenvalue weighted by atomic mass is 32.2. The standard InChI is InChI=1S/C19H19NO8S/c1-27-18(23)13-9-14(19(24)28-2)11-15(10-13)20-29(25,26)16-6-3-12(4-7-16)5-8-17(21)22/h3-4,6-7,9-11,20H,5,8H2,1-2H3,(H,21,22). The third-order valence-corrected chi connectivity index (χ3v) is 5.29. The van der Waals surface area contributed by atoms with E-state index in [0.29, 0.717) is 5.56 Å². The molecule has 0 fully saturated rings. The molecule has 0 spiro atoms. The predicted octanol–water partition coefficient (Wildman–Crippen LogP) is 2.08. The van der Waals surface area contributed by atoms with Gasteiger partial charge in [0.2, 0.25) is 0 Å². The van der Waals surface area contributed by atoms with Crippen molar-refractivity contribution in [3.63, 3.8) is 0 Å². The summed E-state index contributed by atoms with van der Waals surface area (Å²) in [5.74, 6) is -2.45. The number of nitrogens with one attached hydrogen (secondary N) is 1. The number of carboxylic acids is 1. The number of carbonyl (C=O) groups excluding carboxylic acids is 2. The van der Waals surface area contributed by atoms with Crippen LogP contribution < -0.4 is 4.72 Å². The van der Waals surface area contributed by atoms with E-state index in [1.165, 1.54) is 42.5 Å². The average molecular weight is 421 g/mol. The van der Waals surface area contributed by atoms with Crippen LogP contribution in [0.4, 0.5) is 5.69 Å². The van der Waals surface area contributed by atoms with Crippen LogP contribution in [0.3, 0.4) is 0 Å². The third kappa shape index (κ3) is 5.79. The number of aryl methyl sites for hydroxylation is 1. The fraction of sp³-hybridized carbons (Fsp3) is 0.211. The molecule has 2 rings (SSSR count). The van der Waals surface area contributed by atoms with Crippen molar-refractivity contribution in [2.24, 2.45) is 0 Å². The van der Waals surface area contributed by atoms with Crippen LogP contribution in [0.5, 0.6) is 0 Å². The maximum absolute atomic E-state index is 12.6. The molecule has 10 heteroatoms. The van der Waals surface area contributed by atoms with E-state index in [1.807, 2.05) is 0 Å². The SMILES string of the molecule is COC(=O)c1cc(NS(=O)(=O)c2ccc(CCC(=O)O)cc2)cc(C(=O)OC)c1. The molecule has 0 aromatic heterocycles. The summed E-state index contributed by atoms with van der Waals surface area (Å²) >= 11 is 0. The van der Waals surface area contributed by atoms with Crippen molar-refractivity contribution in [3.8, 4) is 0 Å². The van der Waals surface area contributed by atoms with Gasteiger partial charge in [-0.2, -0.15) is 0 Å². The summed E-state index contributed by atoms with van der Waals surface area (Å²) in [4.78, 5) is 34.2. The van der Waals surface area contributed by atoms with Gasteiger partial charge in [0.15, 0.2) is 0 Å². The Labute approximate surface area is 167 Å². The molecule has 9 nitrogen and oxygen atoms in total. The molecule has 0 aliphatic rings. The average Bonchev–Trinajstić information content (AvgIpc) is 2.70. The number of carbonyl (C=O) groups is 3. The van der Waals surface area contributed by atoms with E-state index in [2.05, 4.69) is 14.2 Å². The Hall–Kier alpha value is -3.40. The fourth-order valence-corrected chi connectivity index (χ4v) is 3.50. The quantitative estimate of drug-likeness (QED) is 0.618. The molecular weight excluding hydrogens is 402 g/mol. The molecular formula is C19H19NO8S. The van der Waals surface area contributed by atoms with Gasteiger partial charge in [0.05, 0.1) is 35.9 Å². The molecule has 0 amide bonds. The highest BCUT2D eigenvalue weighted by Gasteiger charge is 2.18. The normalized spacial score (nSPS) is 10.8. The summed E-state index contributed by atoms with van der Waals surface area (Å²) < 4.78 is 36.8. The first-order chi connectivity index (χ1) is 13.7. The molecule has 0 unspecified atom stereocenters. The molecule has 0 heterocycles. The lowest BCUT2D eigenvalue weighted by Gasteiger charge is -2.11. The van der Waals surface area contributed by atoms with Gasteiger partial charge in [-0.1, -0.05) is 12.1 Å². The first-order valence-corrected chi connectivity index (χ1v) is 9.80. The van der Waals surface area contributed by atoms with Crippen molar-refractivity contribution in [1.29, 1.82) is 0 Å². The number of hydrogen-bond acceptors (Lipinski definition) is 7. The Morgan fingerprint density at radius 1 is 0.931 bits per heavy atom. The van der Waals surface area contributed by atoms with E-state index in [1.54, 1.807) is 0 Å². The minimum atomic E-state index is -4.03. The first kappa shape index (κ1) is 21.9.